The summed E-state index contributed by atoms with van der Waals surface area (Å²) >= 11 is 0. The highest BCUT2D eigenvalue weighted by atomic mass is 19.1. The van der Waals surface area contributed by atoms with Crippen molar-refractivity contribution >= 4 is 5.78 Å². The number of allylic oxidation sites excluding steroid dienone is 3. The molecule has 1 aliphatic carbocycles. The smallest absolute Gasteiger partial charge is 0.180 e. The third-order valence-corrected chi connectivity index (χ3v) is 6.34. The maximum Gasteiger partial charge on any atom is 0.180 e. The number of ketones is 1. The summed E-state index contributed by atoms with van der Waals surface area (Å²) in [5.74, 6) is -0.551. The van der Waals surface area contributed by atoms with E-state index < -0.39 is 11.9 Å². The second kappa shape index (κ2) is 8.28. The van der Waals surface area contributed by atoms with Crippen LogP contribution in [0.5, 0.6) is 5.75 Å². The zero-order valence-electron chi connectivity index (χ0n) is 17.1. The second-order valence-corrected chi connectivity index (χ2v) is 8.42. The van der Waals surface area contributed by atoms with Crippen LogP contribution in [0.2, 0.25) is 0 Å². The number of aliphatic hydroxyl groups is 1. The fourth-order valence-electron chi connectivity index (χ4n) is 4.48. The predicted molar refractivity (Wildman–Crippen MR) is 109 cm³/mol. The van der Waals surface area contributed by atoms with Gasteiger partial charge in [-0.2, -0.15) is 0 Å². The van der Waals surface area contributed by atoms with Gasteiger partial charge in [0.2, 0.25) is 0 Å². The molecule has 0 spiro atoms. The Kier molecular flexibility index (Phi) is 5.74. The summed E-state index contributed by atoms with van der Waals surface area (Å²) < 4.78 is 21.0. The number of hydrogen-bond donors (Lipinski definition) is 2. The molecule has 2 aliphatic heterocycles. The van der Waals surface area contributed by atoms with Gasteiger partial charge in [-0.25, -0.2) is 4.39 Å². The van der Waals surface area contributed by atoms with Crippen molar-refractivity contribution in [2.75, 3.05) is 19.8 Å². The van der Waals surface area contributed by atoms with E-state index in [1.807, 2.05) is 17.9 Å². The molecule has 3 aliphatic rings. The lowest BCUT2D eigenvalue weighted by Gasteiger charge is -2.35. The number of hydrogen-bond acceptors (Lipinski definition) is 5. The summed E-state index contributed by atoms with van der Waals surface area (Å²) in [6.07, 6.45) is 7.77. The third kappa shape index (κ3) is 4.09. The van der Waals surface area contributed by atoms with Crippen LogP contribution in [0.3, 0.4) is 0 Å². The first-order valence-corrected chi connectivity index (χ1v) is 10.4. The Morgan fingerprint density at radius 3 is 2.79 bits per heavy atom. The molecule has 4 rings (SSSR count). The van der Waals surface area contributed by atoms with Crippen molar-refractivity contribution in [1.82, 2.24) is 10.2 Å². The minimum absolute atomic E-state index is 0.0514. The van der Waals surface area contributed by atoms with Crippen LogP contribution in [0.25, 0.3) is 0 Å². The first kappa shape index (κ1) is 20.1. The zero-order chi connectivity index (χ0) is 20.5. The van der Waals surface area contributed by atoms with Crippen LogP contribution in [-0.4, -0.2) is 47.8 Å². The Balaban J connectivity index is 1.60. The predicted octanol–water partition coefficient (Wildman–Crippen LogP) is 3.25. The molecule has 2 atom stereocenters. The molecule has 0 radical (unpaired) electrons. The molecule has 0 saturated heterocycles. The van der Waals surface area contributed by atoms with Gasteiger partial charge in [0.1, 0.15) is 6.73 Å². The van der Waals surface area contributed by atoms with Crippen molar-refractivity contribution in [2.24, 2.45) is 0 Å². The molecule has 5 nitrogen and oxygen atoms in total. The van der Waals surface area contributed by atoms with Crippen LogP contribution in [-0.2, 0) is 6.42 Å². The number of halogens is 1. The Morgan fingerprint density at radius 2 is 2.07 bits per heavy atom. The Bertz CT molecular complexity index is 877. The highest BCUT2D eigenvalue weighted by molar-refractivity contribution is 6.00. The number of benzene rings is 1. The van der Waals surface area contributed by atoms with E-state index in [4.69, 9.17) is 4.74 Å². The van der Waals surface area contributed by atoms with Crippen LogP contribution in [0.15, 0.2) is 29.5 Å². The normalized spacial score (nSPS) is 25.3. The number of Topliss-reactive ketones (excluding diaryl/α,β-unsaturated/α-hetero) is 1. The maximum absolute atomic E-state index is 15.2. The summed E-state index contributed by atoms with van der Waals surface area (Å²) in [7, 11) is 0. The van der Waals surface area contributed by atoms with Crippen molar-refractivity contribution in [3.63, 3.8) is 0 Å². The lowest BCUT2D eigenvalue weighted by molar-refractivity contribution is -0.00842. The number of nitrogens with zero attached hydrogens (tertiary/aromatic N) is 1. The van der Waals surface area contributed by atoms with Crippen LogP contribution in [0.1, 0.15) is 54.1 Å². The first-order chi connectivity index (χ1) is 13.9. The van der Waals surface area contributed by atoms with Gasteiger partial charge in [0.15, 0.2) is 17.3 Å². The Morgan fingerprint density at radius 1 is 1.28 bits per heavy atom. The molecule has 6 heteroatoms. The number of nitrogens with one attached hydrogen (secondary N) is 1. The molecule has 2 N–H and O–H groups in total. The van der Waals surface area contributed by atoms with E-state index in [1.54, 1.807) is 13.0 Å². The van der Waals surface area contributed by atoms with Crippen molar-refractivity contribution in [2.45, 2.75) is 58.1 Å². The lowest BCUT2D eigenvalue weighted by atomic mass is 9.91. The molecule has 1 aromatic carbocycles. The van der Waals surface area contributed by atoms with Crippen LogP contribution in [0, 0.1) is 12.7 Å². The molecule has 1 fully saturated rings. The van der Waals surface area contributed by atoms with Gasteiger partial charge < -0.3 is 15.2 Å². The van der Waals surface area contributed by atoms with Gasteiger partial charge in [0, 0.05) is 18.3 Å². The van der Waals surface area contributed by atoms with E-state index in [9.17, 15) is 9.90 Å². The molecule has 0 bridgehead atoms. The Labute approximate surface area is 171 Å². The van der Waals surface area contributed by atoms with E-state index in [-0.39, 0.29) is 30.9 Å². The minimum Gasteiger partial charge on any atom is -0.474 e. The van der Waals surface area contributed by atoms with Gasteiger partial charge in [-0.1, -0.05) is 18.9 Å². The second-order valence-electron chi connectivity index (χ2n) is 8.42. The number of dihydropyridines is 1. The van der Waals surface area contributed by atoms with Gasteiger partial charge in [-0.3, -0.25) is 9.69 Å². The number of carbonyl (C=O) groups excluding carboxylic acids is 1. The van der Waals surface area contributed by atoms with Gasteiger partial charge in [-0.15, -0.1) is 0 Å². The van der Waals surface area contributed by atoms with Crippen molar-refractivity contribution < 1.29 is 19.0 Å². The van der Waals surface area contributed by atoms with Crippen LogP contribution < -0.4 is 10.1 Å². The summed E-state index contributed by atoms with van der Waals surface area (Å²) in [5.41, 5.74) is 3.89. The number of rotatable bonds is 3. The van der Waals surface area contributed by atoms with Crippen molar-refractivity contribution in [1.29, 1.82) is 0 Å². The largest absolute Gasteiger partial charge is 0.474 e. The molecule has 0 aromatic heterocycles. The monoisotopic (exact) mass is 400 g/mol. The third-order valence-electron chi connectivity index (χ3n) is 6.34. The minimum atomic E-state index is -0.467. The van der Waals surface area contributed by atoms with E-state index in [1.165, 1.54) is 0 Å². The summed E-state index contributed by atoms with van der Waals surface area (Å²) in [6, 6.07) is 1.68. The fourth-order valence-corrected chi connectivity index (χ4v) is 4.48. The molecule has 2 heterocycles. The average Bonchev–Trinajstić information content (AvgIpc) is 2.87. The summed E-state index contributed by atoms with van der Waals surface area (Å²) in [5, 5.41) is 13.7. The number of carbonyl (C=O) groups is 1. The molecule has 1 saturated carbocycles. The number of fused-ring (bicyclic) bond motifs is 1. The van der Waals surface area contributed by atoms with Gasteiger partial charge >= 0.3 is 0 Å². The molecule has 156 valence electrons. The summed E-state index contributed by atoms with van der Waals surface area (Å²) in [6.45, 7) is 4.73. The number of aliphatic hydroxyl groups excluding tert-OH is 1. The molecule has 1 unspecified atom stereocenters. The van der Waals surface area contributed by atoms with E-state index in [0.29, 0.717) is 17.5 Å². The van der Waals surface area contributed by atoms with Gasteiger partial charge in [0.05, 0.1) is 18.2 Å². The van der Waals surface area contributed by atoms with E-state index >= 15 is 4.39 Å². The summed E-state index contributed by atoms with van der Waals surface area (Å²) in [4.78, 5) is 14.9. The topological polar surface area (TPSA) is 61.8 Å². The van der Waals surface area contributed by atoms with E-state index in [2.05, 4.69) is 11.4 Å². The van der Waals surface area contributed by atoms with Crippen molar-refractivity contribution in [3.8, 4) is 5.75 Å². The SMILES string of the molecule is CC1=CC=C(Cc2cc3c(c(F)c2C)OCN(C2CCCC[C@@H]2O)CC3=O)CN1. The fraction of sp³-hybridized carbons (Fsp3) is 0.522. The highest BCUT2D eigenvalue weighted by Gasteiger charge is 2.34. The van der Waals surface area contributed by atoms with Crippen LogP contribution in [0.4, 0.5) is 4.39 Å². The van der Waals surface area contributed by atoms with Gasteiger partial charge in [-0.05, 0) is 62.0 Å². The molecule has 0 amide bonds. The van der Waals surface area contributed by atoms with Gasteiger partial charge in [0.25, 0.3) is 0 Å². The quantitative estimate of drug-likeness (QED) is 0.816. The molecule has 29 heavy (non-hydrogen) atoms. The first-order valence-electron chi connectivity index (χ1n) is 10.4. The molecular weight excluding hydrogens is 371 g/mol. The standard InChI is InChI=1S/C23H29FN2O3/c1-14-7-8-16(11-25-14)9-17-10-18-21(28)12-26(19-5-3-4-6-20(19)27)13-29-23(18)22(24)15(17)2/h7-8,10,19-20,25,27H,3-6,9,11-13H2,1-2H3/t19?,20-/m0/s1. The highest BCUT2D eigenvalue weighted by Crippen LogP contribution is 2.33. The lowest BCUT2D eigenvalue weighted by Crippen LogP contribution is -2.48. The van der Waals surface area contributed by atoms with E-state index in [0.717, 1.165) is 49.1 Å². The van der Waals surface area contributed by atoms with Crippen LogP contribution >= 0.6 is 0 Å². The molecule has 1 aromatic rings. The van der Waals surface area contributed by atoms with Crippen molar-refractivity contribution in [3.05, 3.63) is 52.0 Å². The maximum atomic E-state index is 15.2. The molecular formula is C23H29FN2O3. The number of ether oxygens (including phenoxy) is 1. The Hall–Kier alpha value is -2.18. The average molecular weight is 400 g/mol. The zero-order valence-corrected chi connectivity index (χ0v) is 17.1.